The summed E-state index contributed by atoms with van der Waals surface area (Å²) in [7, 11) is 1.59. The van der Waals surface area contributed by atoms with Crippen LogP contribution in [0.4, 0.5) is 0 Å². The third-order valence-electron chi connectivity index (χ3n) is 3.11. The molecule has 0 aromatic heterocycles. The van der Waals surface area contributed by atoms with Crippen molar-refractivity contribution in [2.45, 2.75) is 33.2 Å². The summed E-state index contributed by atoms with van der Waals surface area (Å²) >= 11 is 0. The number of carbonyl (C=O) groups is 1. The number of hydrogen-bond acceptors (Lipinski definition) is 4. The molecule has 1 aromatic carbocycles. The van der Waals surface area contributed by atoms with Gasteiger partial charge in [0.05, 0.1) is 7.11 Å². The van der Waals surface area contributed by atoms with Gasteiger partial charge in [-0.3, -0.25) is 4.79 Å². The van der Waals surface area contributed by atoms with Gasteiger partial charge in [-0.05, 0) is 25.3 Å². The van der Waals surface area contributed by atoms with E-state index in [4.69, 9.17) is 15.2 Å². The van der Waals surface area contributed by atoms with Crippen LogP contribution in [0, 0.1) is 5.92 Å². The van der Waals surface area contributed by atoms with E-state index in [1.54, 1.807) is 13.2 Å². The third-order valence-corrected chi connectivity index (χ3v) is 3.11. The Kier molecular flexibility index (Phi) is 7.02. The quantitative estimate of drug-likeness (QED) is 0.771. The zero-order chi connectivity index (χ0) is 15.8. The summed E-state index contributed by atoms with van der Waals surface area (Å²) < 4.78 is 10.8. The van der Waals surface area contributed by atoms with E-state index in [0.717, 1.165) is 12.0 Å². The summed E-state index contributed by atoms with van der Waals surface area (Å²) in [5.74, 6) is 1.70. The molecule has 0 aliphatic heterocycles. The SMILES string of the molecule is COc1ccc(C(C)N)c(OCC(=O)NCCC(C)C)c1. The first-order chi connectivity index (χ1) is 9.93. The Balaban J connectivity index is 2.59. The van der Waals surface area contributed by atoms with Crippen molar-refractivity contribution < 1.29 is 14.3 Å². The van der Waals surface area contributed by atoms with Crippen LogP contribution < -0.4 is 20.5 Å². The molecular weight excluding hydrogens is 268 g/mol. The van der Waals surface area contributed by atoms with Crippen molar-refractivity contribution in [2.24, 2.45) is 11.7 Å². The van der Waals surface area contributed by atoms with Gasteiger partial charge in [-0.2, -0.15) is 0 Å². The summed E-state index contributed by atoms with van der Waals surface area (Å²) in [4.78, 5) is 11.7. The van der Waals surface area contributed by atoms with Crippen LogP contribution in [0.1, 0.15) is 38.8 Å². The fourth-order valence-corrected chi connectivity index (χ4v) is 1.84. The van der Waals surface area contributed by atoms with E-state index in [0.29, 0.717) is 24.0 Å². The lowest BCUT2D eigenvalue weighted by Crippen LogP contribution is -2.30. The fourth-order valence-electron chi connectivity index (χ4n) is 1.84. The number of methoxy groups -OCH3 is 1. The van der Waals surface area contributed by atoms with Gasteiger partial charge in [-0.25, -0.2) is 0 Å². The third kappa shape index (κ3) is 6.04. The first-order valence-electron chi connectivity index (χ1n) is 7.27. The molecule has 1 aromatic rings. The minimum absolute atomic E-state index is 0.0228. The molecule has 5 heteroatoms. The van der Waals surface area contributed by atoms with Crippen LogP contribution in [-0.2, 0) is 4.79 Å². The highest BCUT2D eigenvalue weighted by molar-refractivity contribution is 5.77. The first-order valence-corrected chi connectivity index (χ1v) is 7.27. The zero-order valence-corrected chi connectivity index (χ0v) is 13.3. The van der Waals surface area contributed by atoms with E-state index in [1.165, 1.54) is 0 Å². The van der Waals surface area contributed by atoms with Crippen molar-refractivity contribution in [3.8, 4) is 11.5 Å². The lowest BCUT2D eigenvalue weighted by atomic mass is 10.1. The van der Waals surface area contributed by atoms with Gasteiger partial charge in [-0.1, -0.05) is 19.9 Å². The molecule has 0 aliphatic rings. The highest BCUT2D eigenvalue weighted by Crippen LogP contribution is 2.28. The smallest absolute Gasteiger partial charge is 0.257 e. The number of rotatable bonds is 8. The molecule has 118 valence electrons. The molecule has 5 nitrogen and oxygen atoms in total. The van der Waals surface area contributed by atoms with Crippen molar-refractivity contribution in [3.05, 3.63) is 23.8 Å². The standard InChI is InChI=1S/C16H26N2O3/c1-11(2)7-8-18-16(19)10-21-15-9-13(20-4)5-6-14(15)12(3)17/h5-6,9,11-12H,7-8,10,17H2,1-4H3,(H,18,19). The van der Waals surface area contributed by atoms with Gasteiger partial charge in [0.25, 0.3) is 5.91 Å². The maximum atomic E-state index is 11.7. The van der Waals surface area contributed by atoms with E-state index < -0.39 is 0 Å². The summed E-state index contributed by atoms with van der Waals surface area (Å²) in [5, 5.41) is 2.84. The largest absolute Gasteiger partial charge is 0.497 e. The molecule has 3 N–H and O–H groups in total. The van der Waals surface area contributed by atoms with Gasteiger partial charge in [0.15, 0.2) is 6.61 Å². The minimum Gasteiger partial charge on any atom is -0.497 e. The molecule has 0 bridgehead atoms. The molecule has 0 radical (unpaired) electrons. The Morgan fingerprint density at radius 2 is 2.05 bits per heavy atom. The van der Waals surface area contributed by atoms with Gasteiger partial charge in [0.1, 0.15) is 11.5 Å². The number of nitrogens with one attached hydrogen (secondary N) is 1. The Hall–Kier alpha value is -1.75. The van der Waals surface area contributed by atoms with Crippen LogP contribution in [0.3, 0.4) is 0 Å². The van der Waals surface area contributed by atoms with E-state index in [9.17, 15) is 4.79 Å². The Bertz CT molecular complexity index is 459. The van der Waals surface area contributed by atoms with Gasteiger partial charge >= 0.3 is 0 Å². The van der Waals surface area contributed by atoms with E-state index in [-0.39, 0.29) is 18.6 Å². The number of carbonyl (C=O) groups excluding carboxylic acids is 1. The predicted octanol–water partition coefficient (Wildman–Crippen LogP) is 2.26. The summed E-state index contributed by atoms with van der Waals surface area (Å²) in [6.07, 6.45) is 0.954. The number of ether oxygens (including phenoxy) is 2. The second-order valence-electron chi connectivity index (χ2n) is 5.51. The lowest BCUT2D eigenvalue weighted by Gasteiger charge is -2.15. The van der Waals surface area contributed by atoms with Gasteiger partial charge in [0.2, 0.25) is 0 Å². The maximum absolute atomic E-state index is 11.7. The summed E-state index contributed by atoms with van der Waals surface area (Å²) in [5.41, 5.74) is 6.76. The second-order valence-corrected chi connectivity index (χ2v) is 5.51. The lowest BCUT2D eigenvalue weighted by molar-refractivity contribution is -0.123. The molecule has 0 saturated heterocycles. The first kappa shape index (κ1) is 17.3. The molecule has 1 rings (SSSR count). The van der Waals surface area contributed by atoms with E-state index in [2.05, 4.69) is 19.2 Å². The van der Waals surface area contributed by atoms with Crippen molar-refractivity contribution >= 4 is 5.91 Å². The average molecular weight is 294 g/mol. The zero-order valence-electron chi connectivity index (χ0n) is 13.3. The monoisotopic (exact) mass is 294 g/mol. The van der Waals surface area contributed by atoms with E-state index in [1.807, 2.05) is 19.1 Å². The Morgan fingerprint density at radius 3 is 2.62 bits per heavy atom. The average Bonchev–Trinajstić information content (AvgIpc) is 2.44. The fraction of sp³-hybridized carbons (Fsp3) is 0.562. The number of hydrogen-bond donors (Lipinski definition) is 2. The van der Waals surface area contributed by atoms with Crippen LogP contribution in [-0.4, -0.2) is 26.2 Å². The molecule has 0 aliphatic carbocycles. The molecule has 1 atom stereocenters. The van der Waals surface area contributed by atoms with Crippen LogP contribution in [0.25, 0.3) is 0 Å². The number of benzene rings is 1. The molecule has 1 unspecified atom stereocenters. The van der Waals surface area contributed by atoms with Crippen LogP contribution in [0.5, 0.6) is 11.5 Å². The van der Waals surface area contributed by atoms with Gasteiger partial charge in [-0.15, -0.1) is 0 Å². The van der Waals surface area contributed by atoms with Gasteiger partial charge in [0, 0.05) is 24.2 Å². The minimum atomic E-state index is -0.171. The molecular formula is C16H26N2O3. The van der Waals surface area contributed by atoms with Crippen molar-refractivity contribution in [2.75, 3.05) is 20.3 Å². The van der Waals surface area contributed by atoms with E-state index >= 15 is 0 Å². The second kappa shape index (κ2) is 8.52. The van der Waals surface area contributed by atoms with Gasteiger partial charge < -0.3 is 20.5 Å². The number of amides is 1. The predicted molar refractivity (Wildman–Crippen MR) is 83.6 cm³/mol. The van der Waals surface area contributed by atoms with Crippen molar-refractivity contribution in [3.63, 3.8) is 0 Å². The Labute approximate surface area is 126 Å². The highest BCUT2D eigenvalue weighted by atomic mass is 16.5. The van der Waals surface area contributed by atoms with Crippen molar-refractivity contribution in [1.29, 1.82) is 0 Å². The van der Waals surface area contributed by atoms with Crippen LogP contribution in [0.2, 0.25) is 0 Å². The van der Waals surface area contributed by atoms with Crippen molar-refractivity contribution in [1.82, 2.24) is 5.32 Å². The topological polar surface area (TPSA) is 73.6 Å². The van der Waals surface area contributed by atoms with Crippen LogP contribution >= 0.6 is 0 Å². The molecule has 1 amide bonds. The molecule has 0 heterocycles. The number of nitrogens with two attached hydrogens (primary N) is 1. The molecule has 0 saturated carbocycles. The molecule has 0 fully saturated rings. The molecule has 21 heavy (non-hydrogen) atoms. The Morgan fingerprint density at radius 1 is 1.33 bits per heavy atom. The normalized spacial score (nSPS) is 12.1. The van der Waals surface area contributed by atoms with Crippen LogP contribution in [0.15, 0.2) is 18.2 Å². The molecule has 0 spiro atoms. The maximum Gasteiger partial charge on any atom is 0.257 e. The summed E-state index contributed by atoms with van der Waals surface area (Å²) in [6.45, 7) is 6.75. The summed E-state index contributed by atoms with van der Waals surface area (Å²) in [6, 6.07) is 5.26. The highest BCUT2D eigenvalue weighted by Gasteiger charge is 2.11.